The molecule has 4 heterocycles. The minimum Gasteiger partial charge on any atom is -0.486 e. The zero-order chi connectivity index (χ0) is 23.5. The predicted molar refractivity (Wildman–Crippen MR) is 127 cm³/mol. The van der Waals surface area contributed by atoms with E-state index in [1.165, 1.54) is 0 Å². The van der Waals surface area contributed by atoms with Crippen LogP contribution in [0.15, 0.2) is 42.6 Å². The van der Waals surface area contributed by atoms with E-state index in [-0.39, 0.29) is 18.2 Å². The van der Waals surface area contributed by atoms with Crippen molar-refractivity contribution in [3.63, 3.8) is 0 Å². The Morgan fingerprint density at radius 3 is 2.82 bits per heavy atom. The molecule has 1 unspecified atom stereocenters. The molecule has 0 radical (unpaired) electrons. The molecule has 0 spiro atoms. The zero-order valence-electron chi connectivity index (χ0n) is 19.1. The molecule has 1 saturated heterocycles. The lowest BCUT2D eigenvalue weighted by molar-refractivity contribution is 0.171. The molecule has 2 aromatic heterocycles. The van der Waals surface area contributed by atoms with E-state index in [1.807, 2.05) is 36.4 Å². The number of hydrogen-bond donors (Lipinski definition) is 1. The summed E-state index contributed by atoms with van der Waals surface area (Å²) in [7, 11) is 1.60. The molecule has 2 N–H and O–H groups in total. The zero-order valence-corrected chi connectivity index (χ0v) is 19.1. The molecule has 0 bridgehead atoms. The van der Waals surface area contributed by atoms with Crippen LogP contribution in [0.1, 0.15) is 24.8 Å². The Morgan fingerprint density at radius 2 is 1.97 bits per heavy atom. The average molecular weight is 465 g/mol. The Labute approximate surface area is 197 Å². The van der Waals surface area contributed by atoms with E-state index in [2.05, 4.69) is 9.97 Å². The number of nitrogens with zero attached hydrogens (tertiary/aromatic N) is 3. The number of hydrogen-bond acceptors (Lipinski definition) is 8. The Kier molecular flexibility index (Phi) is 6.35. The minimum absolute atomic E-state index is 0.0216. The van der Waals surface area contributed by atoms with Crippen LogP contribution < -0.4 is 24.8 Å². The van der Waals surface area contributed by atoms with Crippen LogP contribution in [0.4, 0.5) is 10.5 Å². The highest BCUT2D eigenvalue weighted by Gasteiger charge is 2.35. The molecule has 2 atom stereocenters. The fourth-order valence-electron chi connectivity index (χ4n) is 4.44. The van der Waals surface area contributed by atoms with Crippen LogP contribution in [0, 0.1) is 0 Å². The second kappa shape index (κ2) is 9.72. The van der Waals surface area contributed by atoms with Crippen LogP contribution in [0.2, 0.25) is 0 Å². The SMILES string of the molecule is COc1ccc2nccc(CCC(N)CC[C@H]3COC(=O)N3c3ccc4c(c3)OCCO4)c2n1. The molecule has 2 aliphatic rings. The standard InChI is InChI=1S/C25H28N4O5/c1-31-23-9-7-20-24(28-23)16(10-11-27-20)2-3-17(26)4-5-19-15-34-25(30)29(19)18-6-8-21-22(14-18)33-13-12-32-21/h6-11,14,17,19H,2-5,12-13,15,26H2,1H3/t17?,19-/m0/s1. The van der Waals surface area contributed by atoms with Crippen molar-refractivity contribution < 1.29 is 23.7 Å². The van der Waals surface area contributed by atoms with Crippen LogP contribution >= 0.6 is 0 Å². The number of cyclic esters (lactones) is 1. The normalized spacial score (nSPS) is 18.1. The summed E-state index contributed by atoms with van der Waals surface area (Å²) in [5, 5.41) is 0. The third-order valence-corrected chi connectivity index (χ3v) is 6.27. The van der Waals surface area contributed by atoms with Gasteiger partial charge in [0.25, 0.3) is 0 Å². The largest absolute Gasteiger partial charge is 0.486 e. The van der Waals surface area contributed by atoms with Crippen LogP contribution in [0.5, 0.6) is 17.4 Å². The molecule has 0 saturated carbocycles. The van der Waals surface area contributed by atoms with E-state index in [0.29, 0.717) is 37.2 Å². The molecule has 34 heavy (non-hydrogen) atoms. The number of methoxy groups -OCH3 is 1. The second-order valence-electron chi connectivity index (χ2n) is 8.50. The molecule has 5 rings (SSSR count). The molecule has 0 aliphatic carbocycles. The van der Waals surface area contributed by atoms with Crippen molar-refractivity contribution >= 4 is 22.8 Å². The van der Waals surface area contributed by atoms with E-state index < -0.39 is 0 Å². The number of carbonyl (C=O) groups is 1. The van der Waals surface area contributed by atoms with Crippen molar-refractivity contribution in [2.45, 2.75) is 37.8 Å². The summed E-state index contributed by atoms with van der Waals surface area (Å²) in [5.41, 5.74) is 9.98. The first-order valence-electron chi connectivity index (χ1n) is 11.5. The smallest absolute Gasteiger partial charge is 0.414 e. The van der Waals surface area contributed by atoms with E-state index in [1.54, 1.807) is 18.2 Å². The van der Waals surface area contributed by atoms with Crippen LogP contribution in [-0.2, 0) is 11.2 Å². The molecule has 9 heteroatoms. The number of fused-ring (bicyclic) bond motifs is 2. The number of benzene rings is 1. The average Bonchev–Trinajstić information content (AvgIpc) is 3.25. The third kappa shape index (κ3) is 4.56. The lowest BCUT2D eigenvalue weighted by atomic mass is 9.99. The van der Waals surface area contributed by atoms with Gasteiger partial charge in [-0.1, -0.05) is 0 Å². The van der Waals surface area contributed by atoms with Gasteiger partial charge >= 0.3 is 6.09 Å². The van der Waals surface area contributed by atoms with Gasteiger partial charge in [-0.3, -0.25) is 9.88 Å². The van der Waals surface area contributed by atoms with Gasteiger partial charge in [0.15, 0.2) is 11.5 Å². The summed E-state index contributed by atoms with van der Waals surface area (Å²) < 4.78 is 21.9. The summed E-state index contributed by atoms with van der Waals surface area (Å²) >= 11 is 0. The summed E-state index contributed by atoms with van der Waals surface area (Å²) in [6.45, 7) is 1.37. The maximum Gasteiger partial charge on any atom is 0.414 e. The lowest BCUT2D eigenvalue weighted by Gasteiger charge is -2.25. The number of aryl methyl sites for hydroxylation is 1. The molecule has 3 aromatic rings. The molecular formula is C25H28N4O5. The van der Waals surface area contributed by atoms with E-state index >= 15 is 0 Å². The second-order valence-corrected chi connectivity index (χ2v) is 8.50. The first-order chi connectivity index (χ1) is 16.6. The van der Waals surface area contributed by atoms with Gasteiger partial charge in [0.1, 0.15) is 19.8 Å². The van der Waals surface area contributed by atoms with Gasteiger partial charge in [-0.05, 0) is 55.5 Å². The van der Waals surface area contributed by atoms with Crippen LogP contribution in [0.3, 0.4) is 0 Å². The van der Waals surface area contributed by atoms with Crippen molar-refractivity contribution in [1.29, 1.82) is 0 Å². The van der Waals surface area contributed by atoms with Crippen molar-refractivity contribution in [2.75, 3.05) is 31.8 Å². The number of nitrogens with two attached hydrogens (primary N) is 1. The number of ether oxygens (including phenoxy) is 4. The van der Waals surface area contributed by atoms with E-state index in [4.69, 9.17) is 24.7 Å². The fourth-order valence-corrected chi connectivity index (χ4v) is 4.44. The van der Waals surface area contributed by atoms with Crippen molar-refractivity contribution in [3.8, 4) is 17.4 Å². The molecule has 1 amide bonds. The van der Waals surface area contributed by atoms with Gasteiger partial charge in [0.05, 0.1) is 29.9 Å². The summed E-state index contributed by atoms with van der Waals surface area (Å²) in [4.78, 5) is 23.1. The van der Waals surface area contributed by atoms with E-state index in [0.717, 1.165) is 48.0 Å². The molecule has 178 valence electrons. The maximum atomic E-state index is 12.5. The molecule has 1 aromatic carbocycles. The first-order valence-corrected chi connectivity index (χ1v) is 11.5. The Morgan fingerprint density at radius 1 is 1.12 bits per heavy atom. The van der Waals surface area contributed by atoms with Crippen molar-refractivity contribution in [3.05, 3.63) is 48.2 Å². The predicted octanol–water partition coefficient (Wildman–Crippen LogP) is 3.48. The van der Waals surface area contributed by atoms with Crippen LogP contribution in [0.25, 0.3) is 11.0 Å². The summed E-state index contributed by atoms with van der Waals surface area (Å²) in [5.74, 6) is 1.90. The van der Waals surface area contributed by atoms with Crippen molar-refractivity contribution in [2.24, 2.45) is 5.73 Å². The molecule has 9 nitrogen and oxygen atoms in total. The number of pyridine rings is 2. The summed E-state index contributed by atoms with van der Waals surface area (Å²) in [6, 6.07) is 11.1. The number of anilines is 1. The third-order valence-electron chi connectivity index (χ3n) is 6.27. The molecule has 1 fully saturated rings. The van der Waals surface area contributed by atoms with Crippen molar-refractivity contribution in [1.82, 2.24) is 9.97 Å². The van der Waals surface area contributed by atoms with Gasteiger partial charge in [-0.2, -0.15) is 0 Å². The van der Waals surface area contributed by atoms with Gasteiger partial charge in [-0.15, -0.1) is 0 Å². The fraction of sp³-hybridized carbons (Fsp3) is 0.400. The number of rotatable bonds is 8. The molecule has 2 aliphatic heterocycles. The highest BCUT2D eigenvalue weighted by atomic mass is 16.6. The van der Waals surface area contributed by atoms with Gasteiger partial charge in [0.2, 0.25) is 5.88 Å². The monoisotopic (exact) mass is 464 g/mol. The van der Waals surface area contributed by atoms with Gasteiger partial charge < -0.3 is 24.7 Å². The number of aromatic nitrogens is 2. The molecular weight excluding hydrogens is 436 g/mol. The van der Waals surface area contributed by atoms with Gasteiger partial charge in [0, 0.05) is 24.4 Å². The number of carbonyl (C=O) groups excluding carboxylic acids is 1. The highest BCUT2D eigenvalue weighted by molar-refractivity contribution is 5.90. The lowest BCUT2D eigenvalue weighted by Crippen LogP contribution is -2.35. The maximum absolute atomic E-state index is 12.5. The Hall–Kier alpha value is -3.59. The van der Waals surface area contributed by atoms with E-state index in [9.17, 15) is 4.79 Å². The van der Waals surface area contributed by atoms with Crippen LogP contribution in [-0.4, -0.2) is 55.1 Å². The minimum atomic E-state index is -0.349. The number of amides is 1. The summed E-state index contributed by atoms with van der Waals surface area (Å²) in [6.07, 6.45) is 4.53. The topological polar surface area (TPSA) is 109 Å². The van der Waals surface area contributed by atoms with Gasteiger partial charge in [-0.25, -0.2) is 9.78 Å². The highest BCUT2D eigenvalue weighted by Crippen LogP contribution is 2.36. The first kappa shape index (κ1) is 22.2. The Bertz CT molecular complexity index is 1190. The quantitative estimate of drug-likeness (QED) is 0.540. The Balaban J connectivity index is 1.21.